The fourth-order valence-electron chi connectivity index (χ4n) is 2.62. The number of nitrogens with one attached hydrogen (secondary N) is 1. The predicted octanol–water partition coefficient (Wildman–Crippen LogP) is 3.89. The van der Waals surface area contributed by atoms with E-state index in [1.54, 1.807) is 21.3 Å². The topological polar surface area (TPSA) is 69.7 Å². The Morgan fingerprint density at radius 1 is 1.04 bits per heavy atom. The van der Waals surface area contributed by atoms with Crippen molar-refractivity contribution in [2.24, 2.45) is 0 Å². The number of nitrogens with zero attached hydrogens (tertiary/aromatic N) is 1. The molecule has 6 nitrogen and oxygen atoms in total. The Bertz CT molecular complexity index is 923. The van der Waals surface area contributed by atoms with E-state index < -0.39 is 0 Å². The van der Waals surface area contributed by atoms with Gasteiger partial charge >= 0.3 is 0 Å². The highest BCUT2D eigenvalue weighted by Gasteiger charge is 2.12. The molecule has 0 bridgehead atoms. The largest absolute Gasteiger partial charge is 0.494 e. The van der Waals surface area contributed by atoms with E-state index in [9.17, 15) is 4.79 Å². The summed E-state index contributed by atoms with van der Waals surface area (Å²) in [5.74, 6) is 1.94. The summed E-state index contributed by atoms with van der Waals surface area (Å²) in [6.07, 6.45) is 0.947. The number of rotatable bonds is 7. The summed E-state index contributed by atoms with van der Waals surface area (Å²) in [6.45, 7) is 0. The molecule has 0 saturated carbocycles. The molecule has 0 aliphatic rings. The molecule has 136 valence electrons. The molecule has 0 saturated heterocycles. The monoisotopic (exact) mass is 372 g/mol. The lowest BCUT2D eigenvalue weighted by Gasteiger charge is -2.09. The van der Waals surface area contributed by atoms with E-state index in [0.717, 1.165) is 15.8 Å². The van der Waals surface area contributed by atoms with Crippen LogP contribution in [-0.2, 0) is 11.2 Å². The van der Waals surface area contributed by atoms with Crippen molar-refractivity contribution in [3.05, 3.63) is 42.0 Å². The van der Waals surface area contributed by atoms with Crippen molar-refractivity contribution in [2.75, 3.05) is 26.6 Å². The number of aryl methyl sites for hydroxylation is 1. The molecule has 1 aromatic heterocycles. The maximum absolute atomic E-state index is 12.3. The minimum atomic E-state index is -0.0854. The van der Waals surface area contributed by atoms with Crippen LogP contribution in [0.25, 0.3) is 10.2 Å². The second-order valence-electron chi connectivity index (χ2n) is 5.56. The number of carbonyl (C=O) groups is 1. The second-order valence-corrected chi connectivity index (χ2v) is 6.59. The summed E-state index contributed by atoms with van der Waals surface area (Å²) < 4.78 is 16.8. The summed E-state index contributed by atoms with van der Waals surface area (Å²) in [4.78, 5) is 16.7. The Labute approximate surface area is 155 Å². The molecule has 0 fully saturated rings. The quantitative estimate of drug-likeness (QED) is 0.681. The second kappa shape index (κ2) is 8.05. The van der Waals surface area contributed by atoms with Gasteiger partial charge in [-0.2, -0.15) is 0 Å². The lowest BCUT2D eigenvalue weighted by molar-refractivity contribution is -0.116. The first kappa shape index (κ1) is 18.0. The number of hydrogen-bond donors (Lipinski definition) is 1. The van der Waals surface area contributed by atoms with Crippen molar-refractivity contribution in [2.45, 2.75) is 12.8 Å². The Balaban J connectivity index is 1.64. The molecular formula is C19H20N2O4S. The lowest BCUT2D eigenvalue weighted by atomic mass is 10.1. The van der Waals surface area contributed by atoms with Gasteiger partial charge in [0.25, 0.3) is 0 Å². The zero-order valence-corrected chi connectivity index (χ0v) is 15.7. The van der Waals surface area contributed by atoms with E-state index in [4.69, 9.17) is 14.2 Å². The van der Waals surface area contributed by atoms with Crippen LogP contribution in [0.2, 0.25) is 0 Å². The van der Waals surface area contributed by atoms with Crippen molar-refractivity contribution in [3.63, 3.8) is 0 Å². The van der Waals surface area contributed by atoms with Crippen LogP contribution in [0.4, 0.5) is 5.13 Å². The van der Waals surface area contributed by atoms with Crippen molar-refractivity contribution in [3.8, 4) is 17.2 Å². The number of amides is 1. The normalized spacial score (nSPS) is 10.6. The van der Waals surface area contributed by atoms with Crippen molar-refractivity contribution < 1.29 is 19.0 Å². The molecule has 0 atom stereocenters. The van der Waals surface area contributed by atoms with E-state index in [1.165, 1.54) is 11.3 Å². The highest BCUT2D eigenvalue weighted by Crippen LogP contribution is 2.32. The third-order valence-corrected chi connectivity index (χ3v) is 4.87. The van der Waals surface area contributed by atoms with Crippen LogP contribution in [-0.4, -0.2) is 32.2 Å². The molecular weight excluding hydrogens is 352 g/mol. The first-order valence-electron chi connectivity index (χ1n) is 8.09. The molecule has 0 aliphatic carbocycles. The molecule has 0 aliphatic heterocycles. The van der Waals surface area contributed by atoms with Gasteiger partial charge in [0.05, 0.1) is 26.0 Å². The highest BCUT2D eigenvalue weighted by atomic mass is 32.1. The Morgan fingerprint density at radius 3 is 2.54 bits per heavy atom. The first-order valence-corrected chi connectivity index (χ1v) is 8.90. The van der Waals surface area contributed by atoms with Crippen LogP contribution in [0.1, 0.15) is 12.0 Å². The standard InChI is InChI=1S/C19H20N2O4S/c1-23-13-9-7-12(11-15(13)25-3)8-10-17(22)20-19-21-18-14(24-2)5-4-6-16(18)26-19/h4-7,9,11H,8,10H2,1-3H3,(H,20,21,22). The van der Waals surface area contributed by atoms with Gasteiger partial charge in [-0.1, -0.05) is 23.5 Å². The molecule has 7 heteroatoms. The minimum Gasteiger partial charge on any atom is -0.494 e. The van der Waals surface area contributed by atoms with Gasteiger partial charge in [0, 0.05) is 6.42 Å². The molecule has 1 heterocycles. The van der Waals surface area contributed by atoms with E-state index in [1.807, 2.05) is 36.4 Å². The van der Waals surface area contributed by atoms with Gasteiger partial charge in [-0.15, -0.1) is 0 Å². The number of methoxy groups -OCH3 is 3. The SMILES string of the molecule is COc1ccc(CCC(=O)Nc2nc3c(OC)cccc3s2)cc1OC. The maximum Gasteiger partial charge on any atom is 0.226 e. The summed E-state index contributed by atoms with van der Waals surface area (Å²) in [6, 6.07) is 11.4. The molecule has 3 aromatic rings. The van der Waals surface area contributed by atoms with Crippen LogP contribution in [0.15, 0.2) is 36.4 Å². The molecule has 0 unspecified atom stereocenters. The summed E-state index contributed by atoms with van der Waals surface area (Å²) in [5, 5.41) is 3.43. The van der Waals surface area contributed by atoms with Crippen LogP contribution in [0.5, 0.6) is 17.2 Å². The van der Waals surface area contributed by atoms with E-state index in [2.05, 4.69) is 10.3 Å². The number of para-hydroxylation sites is 1. The Morgan fingerprint density at radius 2 is 1.81 bits per heavy atom. The molecule has 0 radical (unpaired) electrons. The van der Waals surface area contributed by atoms with Gasteiger partial charge in [0.1, 0.15) is 11.3 Å². The average molecular weight is 372 g/mol. The van der Waals surface area contributed by atoms with E-state index in [0.29, 0.717) is 35.2 Å². The fourth-order valence-corrected chi connectivity index (χ4v) is 3.52. The number of carbonyl (C=O) groups excluding carboxylic acids is 1. The number of anilines is 1. The lowest BCUT2D eigenvalue weighted by Crippen LogP contribution is -2.12. The first-order chi connectivity index (χ1) is 12.6. The molecule has 1 amide bonds. The number of aromatic nitrogens is 1. The number of hydrogen-bond acceptors (Lipinski definition) is 6. The van der Waals surface area contributed by atoms with Crippen molar-refractivity contribution >= 4 is 32.6 Å². The summed E-state index contributed by atoms with van der Waals surface area (Å²) in [7, 11) is 4.79. The Kier molecular flexibility index (Phi) is 5.58. The zero-order chi connectivity index (χ0) is 18.5. The molecule has 3 rings (SSSR count). The van der Waals surface area contributed by atoms with Gasteiger partial charge in [0.2, 0.25) is 5.91 Å². The number of fused-ring (bicyclic) bond motifs is 1. The van der Waals surface area contributed by atoms with Crippen LogP contribution >= 0.6 is 11.3 Å². The molecule has 0 spiro atoms. The number of ether oxygens (including phenoxy) is 3. The van der Waals surface area contributed by atoms with Gasteiger partial charge in [-0.05, 0) is 36.2 Å². The smallest absolute Gasteiger partial charge is 0.226 e. The van der Waals surface area contributed by atoms with Gasteiger partial charge in [-0.3, -0.25) is 4.79 Å². The minimum absolute atomic E-state index is 0.0854. The molecule has 26 heavy (non-hydrogen) atoms. The highest BCUT2D eigenvalue weighted by molar-refractivity contribution is 7.22. The third kappa shape index (κ3) is 3.88. The maximum atomic E-state index is 12.3. The van der Waals surface area contributed by atoms with Crippen LogP contribution < -0.4 is 19.5 Å². The zero-order valence-electron chi connectivity index (χ0n) is 14.9. The van der Waals surface area contributed by atoms with Crippen LogP contribution in [0.3, 0.4) is 0 Å². The molecule has 2 aromatic carbocycles. The van der Waals surface area contributed by atoms with Gasteiger partial charge < -0.3 is 19.5 Å². The average Bonchev–Trinajstić information content (AvgIpc) is 3.08. The van der Waals surface area contributed by atoms with Crippen molar-refractivity contribution in [1.29, 1.82) is 0 Å². The number of benzene rings is 2. The number of thiazole rings is 1. The molecule has 1 N–H and O–H groups in total. The summed E-state index contributed by atoms with van der Waals surface area (Å²) in [5.41, 5.74) is 1.76. The van der Waals surface area contributed by atoms with E-state index >= 15 is 0 Å². The van der Waals surface area contributed by atoms with Crippen molar-refractivity contribution in [1.82, 2.24) is 4.98 Å². The van der Waals surface area contributed by atoms with Crippen LogP contribution in [0, 0.1) is 0 Å². The summed E-state index contributed by atoms with van der Waals surface area (Å²) >= 11 is 1.43. The Hall–Kier alpha value is -2.80. The predicted molar refractivity (Wildman–Crippen MR) is 103 cm³/mol. The van der Waals surface area contributed by atoms with Gasteiger partial charge in [0.15, 0.2) is 16.6 Å². The fraction of sp³-hybridized carbons (Fsp3) is 0.263. The van der Waals surface area contributed by atoms with E-state index in [-0.39, 0.29) is 5.91 Å². The third-order valence-electron chi connectivity index (χ3n) is 3.94. The van der Waals surface area contributed by atoms with Gasteiger partial charge in [-0.25, -0.2) is 4.98 Å².